The van der Waals surface area contributed by atoms with Crippen molar-refractivity contribution in [2.45, 2.75) is 46.1 Å². The van der Waals surface area contributed by atoms with Crippen molar-refractivity contribution in [3.8, 4) is 16.9 Å². The van der Waals surface area contributed by atoms with Gasteiger partial charge in [0.2, 0.25) is 0 Å². The first kappa shape index (κ1) is 28.7. The van der Waals surface area contributed by atoms with Gasteiger partial charge in [0, 0.05) is 16.5 Å². The number of carbonyl (C=O) groups is 1. The van der Waals surface area contributed by atoms with Crippen LogP contribution in [0.1, 0.15) is 53.2 Å². The lowest BCUT2D eigenvalue weighted by molar-refractivity contribution is 0.0528. The molecule has 0 fully saturated rings. The lowest BCUT2D eigenvalue weighted by Crippen LogP contribution is -2.05. The van der Waals surface area contributed by atoms with Crippen molar-refractivity contribution in [2.24, 2.45) is 0 Å². The minimum Gasteiger partial charge on any atom is -0.489 e. The molecule has 0 N–H and O–H groups in total. The number of aryl methyl sites for hydroxylation is 2. The van der Waals surface area contributed by atoms with Gasteiger partial charge in [0.05, 0.1) is 23.4 Å². The second kappa shape index (κ2) is 13.2. The number of esters is 1. The Hall–Kier alpha value is -3.80. The van der Waals surface area contributed by atoms with Gasteiger partial charge < -0.3 is 14.0 Å². The number of benzene rings is 4. The van der Waals surface area contributed by atoms with Crippen LogP contribution in [-0.2, 0) is 30.6 Å². The van der Waals surface area contributed by atoms with Crippen molar-refractivity contribution in [2.75, 3.05) is 6.61 Å². The molecule has 1 aromatic heterocycles. The van der Waals surface area contributed by atoms with Crippen molar-refractivity contribution in [3.63, 3.8) is 0 Å². The first-order valence-electron chi connectivity index (χ1n) is 13.8. The highest BCUT2D eigenvalue weighted by Gasteiger charge is 2.18. The maximum absolute atomic E-state index is 12.3. The Morgan fingerprint density at radius 2 is 1.56 bits per heavy atom. The summed E-state index contributed by atoms with van der Waals surface area (Å²) in [5, 5.41) is 7.52. The van der Waals surface area contributed by atoms with Gasteiger partial charge in [-0.3, -0.25) is 0 Å². The SMILES string of the molecule is CCCc1onc(CCc2c(Cl)cccc2Cl)c1COc1ccc(-c2ccc3c(C(=O)OCC)cccc3c2)cc1. The van der Waals surface area contributed by atoms with Gasteiger partial charge in [0.1, 0.15) is 18.1 Å². The molecule has 41 heavy (non-hydrogen) atoms. The largest absolute Gasteiger partial charge is 0.489 e. The van der Waals surface area contributed by atoms with Crippen LogP contribution in [-0.4, -0.2) is 17.7 Å². The van der Waals surface area contributed by atoms with Crippen LogP contribution in [0.3, 0.4) is 0 Å². The fourth-order valence-corrected chi connectivity index (χ4v) is 5.52. The second-order valence-electron chi connectivity index (χ2n) is 9.76. The number of fused-ring (bicyclic) bond motifs is 1. The zero-order valence-electron chi connectivity index (χ0n) is 23.1. The predicted molar refractivity (Wildman–Crippen MR) is 164 cm³/mol. The minimum atomic E-state index is -0.307. The number of hydrogen-bond acceptors (Lipinski definition) is 5. The van der Waals surface area contributed by atoms with Crippen LogP contribution in [0.4, 0.5) is 0 Å². The highest BCUT2D eigenvalue weighted by molar-refractivity contribution is 6.36. The molecule has 0 aliphatic rings. The van der Waals surface area contributed by atoms with E-state index in [1.807, 2.05) is 73.7 Å². The quantitative estimate of drug-likeness (QED) is 0.144. The smallest absolute Gasteiger partial charge is 0.338 e. The summed E-state index contributed by atoms with van der Waals surface area (Å²) in [4.78, 5) is 12.3. The Bertz CT molecular complexity index is 1640. The Kier molecular flexibility index (Phi) is 9.28. The molecule has 4 aromatic carbocycles. The zero-order valence-corrected chi connectivity index (χ0v) is 24.6. The molecule has 7 heteroatoms. The molecule has 0 spiro atoms. The zero-order chi connectivity index (χ0) is 28.8. The van der Waals surface area contributed by atoms with E-state index in [9.17, 15) is 4.79 Å². The topological polar surface area (TPSA) is 61.6 Å². The van der Waals surface area contributed by atoms with E-state index in [4.69, 9.17) is 37.2 Å². The molecule has 0 unspecified atom stereocenters. The molecule has 5 aromatic rings. The summed E-state index contributed by atoms with van der Waals surface area (Å²) in [6, 6.07) is 25.3. The number of carbonyl (C=O) groups excluding carboxylic acids is 1. The summed E-state index contributed by atoms with van der Waals surface area (Å²) in [5.41, 5.74) is 5.42. The lowest BCUT2D eigenvalue weighted by atomic mass is 9.98. The van der Waals surface area contributed by atoms with Gasteiger partial charge in [-0.15, -0.1) is 0 Å². The van der Waals surface area contributed by atoms with Crippen molar-refractivity contribution in [1.82, 2.24) is 5.16 Å². The van der Waals surface area contributed by atoms with E-state index in [1.165, 1.54) is 0 Å². The van der Waals surface area contributed by atoms with E-state index in [0.29, 0.717) is 41.7 Å². The molecule has 1 heterocycles. The summed E-state index contributed by atoms with van der Waals surface area (Å²) in [6.45, 7) is 4.62. The number of ether oxygens (including phenoxy) is 2. The maximum Gasteiger partial charge on any atom is 0.338 e. The average molecular weight is 589 g/mol. The number of nitrogens with zero attached hydrogens (tertiary/aromatic N) is 1. The average Bonchev–Trinajstić information content (AvgIpc) is 3.36. The third kappa shape index (κ3) is 6.58. The van der Waals surface area contributed by atoms with E-state index in [0.717, 1.165) is 63.1 Å². The van der Waals surface area contributed by atoms with Gasteiger partial charge in [0.25, 0.3) is 0 Å². The Labute approximate surface area is 250 Å². The van der Waals surface area contributed by atoms with E-state index in [2.05, 4.69) is 18.1 Å². The molecule has 210 valence electrons. The molecular formula is C34H31Cl2NO4. The normalized spacial score (nSPS) is 11.1. The Morgan fingerprint density at radius 1 is 0.829 bits per heavy atom. The molecule has 0 radical (unpaired) electrons. The van der Waals surface area contributed by atoms with Gasteiger partial charge in [-0.05, 0) is 90.0 Å². The number of rotatable bonds is 11. The van der Waals surface area contributed by atoms with Crippen LogP contribution in [0.25, 0.3) is 21.9 Å². The van der Waals surface area contributed by atoms with Gasteiger partial charge in [0.15, 0.2) is 0 Å². The van der Waals surface area contributed by atoms with E-state index in [-0.39, 0.29) is 5.97 Å². The number of aromatic nitrogens is 1. The number of hydrogen-bond donors (Lipinski definition) is 0. The summed E-state index contributed by atoms with van der Waals surface area (Å²) in [5.74, 6) is 1.30. The monoisotopic (exact) mass is 587 g/mol. The molecule has 0 saturated carbocycles. The number of halogens is 2. The van der Waals surface area contributed by atoms with Crippen LogP contribution in [0, 0.1) is 0 Å². The van der Waals surface area contributed by atoms with Crippen molar-refractivity contribution in [1.29, 1.82) is 0 Å². The lowest BCUT2D eigenvalue weighted by Gasteiger charge is -2.11. The standard InChI is InChI=1S/C34H31Cl2NO4/c1-3-7-33-29(32(37-41-33)19-18-28-30(35)10-6-11-31(28)36)21-40-25-15-12-22(13-16-25)23-14-17-26-24(20-23)8-5-9-27(26)34(38)39-4-2/h5-6,8-17,20H,3-4,7,18-19,21H2,1-2H3. The van der Waals surface area contributed by atoms with Crippen molar-refractivity contribution in [3.05, 3.63) is 117 Å². The van der Waals surface area contributed by atoms with Gasteiger partial charge >= 0.3 is 5.97 Å². The molecule has 0 aliphatic carbocycles. The van der Waals surface area contributed by atoms with Crippen molar-refractivity contribution >= 4 is 39.9 Å². The van der Waals surface area contributed by atoms with Crippen LogP contribution < -0.4 is 4.74 Å². The molecule has 0 amide bonds. The maximum atomic E-state index is 12.3. The van der Waals surface area contributed by atoms with Crippen LogP contribution >= 0.6 is 23.2 Å². The first-order chi connectivity index (χ1) is 20.0. The molecule has 0 aliphatic heterocycles. The van der Waals surface area contributed by atoms with E-state index >= 15 is 0 Å². The van der Waals surface area contributed by atoms with Crippen LogP contribution in [0.2, 0.25) is 10.0 Å². The van der Waals surface area contributed by atoms with E-state index < -0.39 is 0 Å². The highest BCUT2D eigenvalue weighted by atomic mass is 35.5. The van der Waals surface area contributed by atoms with Gasteiger partial charge in [-0.25, -0.2) is 4.79 Å². The summed E-state index contributed by atoms with van der Waals surface area (Å²) in [6.07, 6.45) is 3.04. The Balaban J connectivity index is 1.30. The highest BCUT2D eigenvalue weighted by Crippen LogP contribution is 2.30. The first-order valence-corrected chi connectivity index (χ1v) is 14.6. The van der Waals surface area contributed by atoms with Gasteiger partial charge in [-0.1, -0.05) is 77.7 Å². The van der Waals surface area contributed by atoms with Crippen LogP contribution in [0.5, 0.6) is 5.75 Å². The Morgan fingerprint density at radius 3 is 2.29 bits per heavy atom. The molecule has 0 bridgehead atoms. The third-order valence-electron chi connectivity index (χ3n) is 7.05. The third-order valence-corrected chi connectivity index (χ3v) is 7.76. The summed E-state index contributed by atoms with van der Waals surface area (Å²) >= 11 is 12.8. The molecular weight excluding hydrogens is 557 g/mol. The molecule has 0 saturated heterocycles. The van der Waals surface area contributed by atoms with Gasteiger partial charge in [-0.2, -0.15) is 0 Å². The minimum absolute atomic E-state index is 0.307. The van der Waals surface area contributed by atoms with Crippen molar-refractivity contribution < 1.29 is 18.8 Å². The second-order valence-corrected chi connectivity index (χ2v) is 10.6. The molecule has 5 nitrogen and oxygen atoms in total. The fourth-order valence-electron chi connectivity index (χ4n) is 4.93. The summed E-state index contributed by atoms with van der Waals surface area (Å²) < 4.78 is 17.1. The van der Waals surface area contributed by atoms with E-state index in [1.54, 1.807) is 6.07 Å². The fraction of sp³-hybridized carbons (Fsp3) is 0.235. The van der Waals surface area contributed by atoms with Crippen LogP contribution in [0.15, 0.2) is 83.4 Å². The predicted octanol–water partition coefficient (Wildman–Crippen LogP) is 9.29. The summed E-state index contributed by atoms with van der Waals surface area (Å²) in [7, 11) is 0. The molecule has 5 rings (SSSR count). The molecule has 0 atom stereocenters.